The highest BCUT2D eigenvalue weighted by atomic mass is 32.2. The minimum Gasteiger partial charge on any atom is -0.474 e. The molecule has 2 rings (SSSR count). The zero-order valence-electron chi connectivity index (χ0n) is 11.1. The predicted molar refractivity (Wildman–Crippen MR) is 69.4 cm³/mol. The Morgan fingerprint density at radius 3 is 2.42 bits per heavy atom. The monoisotopic (exact) mass is 286 g/mol. The molecule has 0 aliphatic heterocycles. The highest BCUT2D eigenvalue weighted by molar-refractivity contribution is 7.86. The second kappa shape index (κ2) is 5.83. The van der Waals surface area contributed by atoms with Crippen molar-refractivity contribution in [1.82, 2.24) is 9.97 Å². The molecule has 0 radical (unpaired) electrons. The molecular weight excluding hydrogens is 268 g/mol. The molecule has 19 heavy (non-hydrogen) atoms. The Labute approximate surface area is 113 Å². The number of rotatable bonds is 4. The average Bonchev–Trinajstić information content (AvgIpc) is 2.30. The van der Waals surface area contributed by atoms with Crippen LogP contribution < -0.4 is 4.74 Å². The summed E-state index contributed by atoms with van der Waals surface area (Å²) in [5, 5.41) is 0. The molecule has 1 aliphatic carbocycles. The van der Waals surface area contributed by atoms with Gasteiger partial charge < -0.3 is 4.74 Å². The fraction of sp³-hybridized carbons (Fsp3) is 0.667. The van der Waals surface area contributed by atoms with Crippen molar-refractivity contribution >= 4 is 10.1 Å². The van der Waals surface area contributed by atoms with E-state index in [9.17, 15) is 8.42 Å². The largest absolute Gasteiger partial charge is 0.474 e. The number of hydrogen-bond donors (Lipinski definition) is 0. The van der Waals surface area contributed by atoms with Crippen molar-refractivity contribution in [2.75, 3.05) is 6.26 Å². The van der Waals surface area contributed by atoms with E-state index >= 15 is 0 Å². The van der Waals surface area contributed by atoms with Gasteiger partial charge in [0.2, 0.25) is 5.88 Å². The van der Waals surface area contributed by atoms with Gasteiger partial charge in [0, 0.05) is 12.3 Å². The van der Waals surface area contributed by atoms with Gasteiger partial charge in [-0.3, -0.25) is 4.18 Å². The maximum Gasteiger partial charge on any atom is 0.264 e. The van der Waals surface area contributed by atoms with E-state index in [-0.39, 0.29) is 12.2 Å². The fourth-order valence-electron chi connectivity index (χ4n) is 2.16. The minimum absolute atomic E-state index is 0.0636. The summed E-state index contributed by atoms with van der Waals surface area (Å²) in [4.78, 5) is 8.19. The molecular formula is C12H18N2O4S. The summed E-state index contributed by atoms with van der Waals surface area (Å²) in [5.41, 5.74) is 0. The third-order valence-corrected chi connectivity index (χ3v) is 3.59. The normalized spacial score (nSPS) is 24.1. The first-order valence-electron chi connectivity index (χ1n) is 6.27. The van der Waals surface area contributed by atoms with Gasteiger partial charge in [0.15, 0.2) is 0 Å². The second-order valence-corrected chi connectivity index (χ2v) is 6.36. The molecule has 0 unspecified atom stereocenters. The summed E-state index contributed by atoms with van der Waals surface area (Å²) in [5.74, 6) is 1.24. The van der Waals surface area contributed by atoms with Crippen LogP contribution in [0, 0.1) is 6.92 Å². The molecule has 1 heterocycles. The summed E-state index contributed by atoms with van der Waals surface area (Å²) in [6.07, 6.45) is 5.49. The molecule has 0 bridgehead atoms. The second-order valence-electron chi connectivity index (χ2n) is 4.76. The summed E-state index contributed by atoms with van der Waals surface area (Å²) in [7, 11) is -3.37. The van der Waals surface area contributed by atoms with E-state index in [1.54, 1.807) is 12.3 Å². The third-order valence-electron chi connectivity index (χ3n) is 2.97. The third kappa shape index (κ3) is 4.76. The van der Waals surface area contributed by atoms with E-state index in [1.807, 2.05) is 6.92 Å². The molecule has 1 aliphatic rings. The SMILES string of the molecule is Cc1nccc(O[C@H]2CC[C@H](OS(C)(=O)=O)CC2)n1. The number of hydrogen-bond acceptors (Lipinski definition) is 6. The van der Waals surface area contributed by atoms with Gasteiger partial charge in [-0.2, -0.15) is 13.4 Å². The van der Waals surface area contributed by atoms with Crippen LogP contribution in [0.1, 0.15) is 31.5 Å². The highest BCUT2D eigenvalue weighted by Gasteiger charge is 2.25. The molecule has 7 heteroatoms. The Bertz CT molecular complexity index is 524. The van der Waals surface area contributed by atoms with Crippen LogP contribution in [-0.4, -0.2) is 36.8 Å². The molecule has 0 aromatic carbocycles. The molecule has 0 spiro atoms. The molecule has 0 amide bonds. The van der Waals surface area contributed by atoms with Crippen molar-refractivity contribution in [3.05, 3.63) is 18.1 Å². The van der Waals surface area contributed by atoms with E-state index in [0.717, 1.165) is 19.1 Å². The van der Waals surface area contributed by atoms with E-state index in [1.165, 1.54) is 0 Å². The Morgan fingerprint density at radius 1 is 1.21 bits per heavy atom. The first-order chi connectivity index (χ1) is 8.92. The quantitative estimate of drug-likeness (QED) is 0.780. The molecule has 1 fully saturated rings. The van der Waals surface area contributed by atoms with Crippen LogP contribution in [0.4, 0.5) is 0 Å². The highest BCUT2D eigenvalue weighted by Crippen LogP contribution is 2.25. The maximum atomic E-state index is 11.0. The first-order valence-corrected chi connectivity index (χ1v) is 8.08. The van der Waals surface area contributed by atoms with Gasteiger partial charge in [0.1, 0.15) is 11.9 Å². The molecule has 0 atom stereocenters. The van der Waals surface area contributed by atoms with Crippen molar-refractivity contribution in [1.29, 1.82) is 0 Å². The summed E-state index contributed by atoms with van der Waals surface area (Å²) in [6, 6.07) is 1.73. The Morgan fingerprint density at radius 2 is 1.84 bits per heavy atom. The smallest absolute Gasteiger partial charge is 0.264 e. The lowest BCUT2D eigenvalue weighted by Gasteiger charge is -2.27. The maximum absolute atomic E-state index is 11.0. The van der Waals surface area contributed by atoms with Gasteiger partial charge in [-0.15, -0.1) is 0 Å². The van der Waals surface area contributed by atoms with Crippen molar-refractivity contribution < 1.29 is 17.3 Å². The minimum atomic E-state index is -3.37. The lowest BCUT2D eigenvalue weighted by molar-refractivity contribution is 0.0817. The van der Waals surface area contributed by atoms with Crippen molar-refractivity contribution in [3.63, 3.8) is 0 Å². The van der Waals surface area contributed by atoms with Crippen LogP contribution in [0.25, 0.3) is 0 Å². The van der Waals surface area contributed by atoms with Crippen LogP contribution in [0.3, 0.4) is 0 Å². The van der Waals surface area contributed by atoms with Crippen LogP contribution in [0.15, 0.2) is 12.3 Å². The number of aryl methyl sites for hydroxylation is 1. The molecule has 6 nitrogen and oxygen atoms in total. The topological polar surface area (TPSA) is 78.4 Å². The van der Waals surface area contributed by atoms with Crippen molar-refractivity contribution in [3.8, 4) is 5.88 Å². The number of ether oxygens (including phenoxy) is 1. The van der Waals surface area contributed by atoms with E-state index < -0.39 is 10.1 Å². The Balaban J connectivity index is 1.84. The van der Waals surface area contributed by atoms with Gasteiger partial charge in [-0.25, -0.2) is 4.98 Å². The molecule has 1 saturated carbocycles. The summed E-state index contributed by atoms with van der Waals surface area (Å²) < 4.78 is 32.8. The van der Waals surface area contributed by atoms with Gasteiger partial charge in [-0.1, -0.05) is 0 Å². The number of aromatic nitrogens is 2. The van der Waals surface area contributed by atoms with Crippen LogP contribution in [-0.2, 0) is 14.3 Å². The summed E-state index contributed by atoms with van der Waals surface area (Å²) >= 11 is 0. The molecule has 1 aromatic rings. The zero-order chi connectivity index (χ0) is 13.9. The van der Waals surface area contributed by atoms with Crippen molar-refractivity contribution in [2.45, 2.75) is 44.8 Å². The Kier molecular flexibility index (Phi) is 4.36. The lowest BCUT2D eigenvalue weighted by atomic mass is 9.95. The zero-order valence-corrected chi connectivity index (χ0v) is 11.9. The van der Waals surface area contributed by atoms with E-state index in [2.05, 4.69) is 9.97 Å². The fourth-order valence-corrected chi connectivity index (χ4v) is 2.85. The average molecular weight is 286 g/mol. The number of nitrogens with zero attached hydrogens (tertiary/aromatic N) is 2. The van der Waals surface area contributed by atoms with Gasteiger partial charge >= 0.3 is 0 Å². The van der Waals surface area contributed by atoms with Gasteiger partial charge in [-0.05, 0) is 32.6 Å². The van der Waals surface area contributed by atoms with Crippen LogP contribution in [0.2, 0.25) is 0 Å². The van der Waals surface area contributed by atoms with Crippen molar-refractivity contribution in [2.24, 2.45) is 0 Å². The first kappa shape index (κ1) is 14.2. The van der Waals surface area contributed by atoms with Gasteiger partial charge in [0.25, 0.3) is 10.1 Å². The standard InChI is InChI=1S/C12H18N2O4S/c1-9-13-8-7-12(14-9)17-10-3-5-11(6-4-10)18-19(2,15)16/h7-8,10-11H,3-6H2,1-2H3/t10-,11-. The lowest BCUT2D eigenvalue weighted by Crippen LogP contribution is -2.29. The predicted octanol–water partition coefficient (Wildman–Crippen LogP) is 1.45. The van der Waals surface area contributed by atoms with E-state index in [4.69, 9.17) is 8.92 Å². The van der Waals surface area contributed by atoms with E-state index in [0.29, 0.717) is 24.5 Å². The molecule has 0 saturated heterocycles. The molecule has 106 valence electrons. The molecule has 1 aromatic heterocycles. The molecule has 0 N–H and O–H groups in total. The summed E-state index contributed by atoms with van der Waals surface area (Å²) in [6.45, 7) is 1.81. The Hall–Kier alpha value is -1.21. The van der Waals surface area contributed by atoms with Gasteiger partial charge in [0.05, 0.1) is 12.4 Å². The van der Waals surface area contributed by atoms with Crippen LogP contribution >= 0.6 is 0 Å². The van der Waals surface area contributed by atoms with Crippen LogP contribution in [0.5, 0.6) is 5.88 Å².